The molecule has 2 spiro atoms. The van der Waals surface area contributed by atoms with Crippen LogP contribution in [-0.2, 0) is 34.8 Å². The summed E-state index contributed by atoms with van der Waals surface area (Å²) in [5.41, 5.74) is -3.13. The Labute approximate surface area is 223 Å². The van der Waals surface area contributed by atoms with Crippen LogP contribution in [-0.4, -0.2) is 48.6 Å². The highest BCUT2D eigenvalue weighted by atomic mass is 32.1. The number of aryl methyl sites for hydroxylation is 1. The Hall–Kier alpha value is -3.86. The summed E-state index contributed by atoms with van der Waals surface area (Å²) in [5.74, 6) is -4.51. The molecule has 38 heavy (non-hydrogen) atoms. The van der Waals surface area contributed by atoms with Gasteiger partial charge in [-0.15, -0.1) is 0 Å². The minimum Gasteiger partial charge on any atom is -0.469 e. The van der Waals surface area contributed by atoms with Crippen molar-refractivity contribution in [3.63, 3.8) is 0 Å². The zero-order valence-electron chi connectivity index (χ0n) is 21.7. The van der Waals surface area contributed by atoms with Crippen LogP contribution >= 0.6 is 12.2 Å². The van der Waals surface area contributed by atoms with Gasteiger partial charge in [0.05, 0.1) is 23.5 Å². The van der Waals surface area contributed by atoms with Crippen LogP contribution in [0.4, 0.5) is 20.6 Å². The third kappa shape index (κ3) is 3.11. The first-order valence-electron chi connectivity index (χ1n) is 11.9. The van der Waals surface area contributed by atoms with Crippen LogP contribution < -0.4 is 15.1 Å². The summed E-state index contributed by atoms with van der Waals surface area (Å²) in [4.78, 5) is 57.4. The molecule has 0 aromatic heterocycles. The van der Waals surface area contributed by atoms with Crippen LogP contribution in [0.1, 0.15) is 37.5 Å². The number of imide groups is 1. The Morgan fingerprint density at radius 2 is 1.74 bits per heavy atom. The number of likely N-dealkylation sites (N-methyl/N-ethyl adjacent to an activating group) is 1. The smallest absolute Gasteiger partial charge is 0.421 e. The van der Waals surface area contributed by atoms with E-state index < -0.39 is 52.2 Å². The lowest BCUT2D eigenvalue weighted by atomic mass is 9.65. The number of rotatable bonds is 1. The van der Waals surface area contributed by atoms with Crippen molar-refractivity contribution in [3.8, 4) is 0 Å². The van der Waals surface area contributed by atoms with Crippen molar-refractivity contribution in [2.24, 2.45) is 5.92 Å². The Kier molecular flexibility index (Phi) is 5.47. The number of methoxy groups -OCH3 is 1. The van der Waals surface area contributed by atoms with E-state index in [0.717, 1.165) is 17.6 Å². The number of anilines is 2. The van der Waals surface area contributed by atoms with Crippen LogP contribution in [0.25, 0.3) is 0 Å². The third-order valence-corrected chi connectivity index (χ3v) is 7.72. The van der Waals surface area contributed by atoms with Gasteiger partial charge in [0.25, 0.3) is 11.8 Å². The molecular weight excluding hydrogens is 513 g/mol. The second kappa shape index (κ2) is 8.07. The number of hydrogen-bond acceptors (Lipinski definition) is 7. The topological polar surface area (TPSA) is 105 Å². The Bertz CT molecular complexity index is 1470. The van der Waals surface area contributed by atoms with Crippen LogP contribution in [0.5, 0.6) is 0 Å². The minimum atomic E-state index is -1.98. The average molecular weight is 540 g/mol. The molecule has 0 aliphatic carbocycles. The van der Waals surface area contributed by atoms with E-state index in [2.05, 4.69) is 5.32 Å². The molecule has 198 valence electrons. The van der Waals surface area contributed by atoms with E-state index in [1.807, 2.05) is 0 Å². The molecular formula is C27H26FN3O6S. The number of carbonyl (C=O) groups excluding carboxylic acids is 4. The second-order valence-electron chi connectivity index (χ2n) is 10.7. The fraction of sp³-hybridized carbons (Fsp3) is 0.370. The van der Waals surface area contributed by atoms with Gasteiger partial charge in [0, 0.05) is 18.2 Å². The number of hydrogen-bond donors (Lipinski definition) is 1. The number of halogens is 1. The maximum Gasteiger partial charge on any atom is 0.421 e. The first kappa shape index (κ1) is 25.8. The van der Waals surface area contributed by atoms with Crippen molar-refractivity contribution in [2.75, 3.05) is 24.0 Å². The van der Waals surface area contributed by atoms with Gasteiger partial charge < -0.3 is 19.7 Å². The zero-order valence-corrected chi connectivity index (χ0v) is 22.5. The molecule has 1 saturated heterocycles. The first-order chi connectivity index (χ1) is 17.7. The minimum absolute atomic E-state index is 0.130. The van der Waals surface area contributed by atoms with Crippen molar-refractivity contribution in [1.29, 1.82) is 0 Å². The standard InChI is InChI=1S/C27H26FN3O6S/c1-13-7-10-17-16(11-13)26(22(33)31(17)24(35)37-25(2,3)4)19(20(32)36-6)27(29-21(26)38)15-9-8-14(28)12-18(15)30(5)23(27)34/h7-12,19H,1-6H3,(H,29,38)/t19-,26-,27-/m0/s1. The van der Waals surface area contributed by atoms with Gasteiger partial charge in [0.15, 0.2) is 5.54 Å². The third-order valence-electron chi connectivity index (χ3n) is 7.29. The Morgan fingerprint density at radius 3 is 2.37 bits per heavy atom. The monoisotopic (exact) mass is 539 g/mol. The zero-order chi connectivity index (χ0) is 27.9. The number of thiocarbonyl (C=S) groups is 1. The molecule has 3 atom stereocenters. The molecule has 3 aliphatic heterocycles. The number of esters is 1. The van der Waals surface area contributed by atoms with Gasteiger partial charge in [-0.1, -0.05) is 36.0 Å². The van der Waals surface area contributed by atoms with Crippen LogP contribution in [0.15, 0.2) is 36.4 Å². The number of carbonyl (C=O) groups is 4. The van der Waals surface area contributed by atoms with Crippen LogP contribution in [0.3, 0.4) is 0 Å². The molecule has 3 aliphatic rings. The summed E-state index contributed by atoms with van der Waals surface area (Å²) in [6.07, 6.45) is -0.950. The highest BCUT2D eigenvalue weighted by molar-refractivity contribution is 7.80. The number of fused-ring (bicyclic) bond motifs is 4. The molecule has 0 saturated carbocycles. The van der Waals surface area contributed by atoms with Crippen LogP contribution in [0.2, 0.25) is 0 Å². The van der Waals surface area contributed by atoms with E-state index in [-0.39, 0.29) is 27.5 Å². The summed E-state index contributed by atoms with van der Waals surface area (Å²) >= 11 is 5.77. The number of benzene rings is 2. The fourth-order valence-electron chi connectivity index (χ4n) is 5.83. The molecule has 0 unspecified atom stereocenters. The number of amides is 3. The highest BCUT2D eigenvalue weighted by Crippen LogP contribution is 2.60. The number of nitrogens with zero attached hydrogens (tertiary/aromatic N) is 2. The van der Waals surface area contributed by atoms with E-state index in [4.69, 9.17) is 21.7 Å². The molecule has 11 heteroatoms. The fourth-order valence-corrected chi connectivity index (χ4v) is 6.31. The van der Waals surface area contributed by atoms with Gasteiger partial charge in [-0.25, -0.2) is 14.1 Å². The highest BCUT2D eigenvalue weighted by Gasteiger charge is 2.77. The van der Waals surface area contributed by atoms with Gasteiger partial charge in [0.1, 0.15) is 22.8 Å². The van der Waals surface area contributed by atoms with Crippen molar-refractivity contribution < 1.29 is 33.0 Å². The van der Waals surface area contributed by atoms with E-state index >= 15 is 0 Å². The molecule has 0 bridgehead atoms. The van der Waals surface area contributed by atoms with Gasteiger partial charge in [-0.05, 0) is 45.9 Å². The molecule has 5 rings (SSSR count). The number of nitrogens with one attached hydrogen (secondary N) is 1. The SMILES string of the molecule is COC(=O)[C@H]1[C@]2(C(=O)N(C(=O)OC(C)(C)C)c3ccc(C)cc32)C(=S)N[C@]12C(=O)N(C)c1cc(F)ccc12. The van der Waals surface area contributed by atoms with E-state index in [1.165, 1.54) is 30.1 Å². The van der Waals surface area contributed by atoms with E-state index in [0.29, 0.717) is 0 Å². The second-order valence-corrected chi connectivity index (χ2v) is 11.1. The predicted octanol–water partition coefficient (Wildman–Crippen LogP) is 3.25. The lowest BCUT2D eigenvalue weighted by molar-refractivity contribution is -0.154. The molecule has 0 radical (unpaired) electrons. The normalized spacial score (nSPS) is 25.7. The van der Waals surface area contributed by atoms with Crippen molar-refractivity contribution in [2.45, 2.75) is 44.2 Å². The van der Waals surface area contributed by atoms with Crippen molar-refractivity contribution >= 4 is 52.5 Å². The first-order valence-corrected chi connectivity index (χ1v) is 12.3. The molecule has 2 aromatic rings. The average Bonchev–Trinajstić information content (AvgIpc) is 3.33. The summed E-state index contributed by atoms with van der Waals surface area (Å²) in [6, 6.07) is 8.68. The Balaban J connectivity index is 1.83. The van der Waals surface area contributed by atoms with Gasteiger partial charge >= 0.3 is 12.1 Å². The Morgan fingerprint density at radius 1 is 1.05 bits per heavy atom. The largest absolute Gasteiger partial charge is 0.469 e. The van der Waals surface area contributed by atoms with Crippen molar-refractivity contribution in [1.82, 2.24) is 5.32 Å². The molecule has 3 amide bonds. The van der Waals surface area contributed by atoms with Gasteiger partial charge in [-0.2, -0.15) is 0 Å². The molecule has 2 aromatic carbocycles. The summed E-state index contributed by atoms with van der Waals surface area (Å²) in [6.45, 7) is 6.77. The summed E-state index contributed by atoms with van der Waals surface area (Å²) in [5, 5.41) is 3.00. The van der Waals surface area contributed by atoms with E-state index in [1.54, 1.807) is 45.9 Å². The van der Waals surface area contributed by atoms with Crippen molar-refractivity contribution in [3.05, 3.63) is 58.9 Å². The summed E-state index contributed by atoms with van der Waals surface area (Å²) < 4.78 is 24.9. The lowest BCUT2D eigenvalue weighted by Crippen LogP contribution is -2.57. The molecule has 9 nitrogen and oxygen atoms in total. The van der Waals surface area contributed by atoms with E-state index in [9.17, 15) is 23.6 Å². The van der Waals surface area contributed by atoms with Gasteiger partial charge in [0.2, 0.25) is 0 Å². The van der Waals surface area contributed by atoms with Crippen LogP contribution in [0, 0.1) is 18.7 Å². The maximum absolute atomic E-state index is 14.5. The maximum atomic E-state index is 14.5. The summed E-state index contributed by atoms with van der Waals surface area (Å²) in [7, 11) is 2.59. The molecule has 3 heterocycles. The molecule has 1 fully saturated rings. The lowest BCUT2D eigenvalue weighted by Gasteiger charge is -2.33. The predicted molar refractivity (Wildman–Crippen MR) is 139 cm³/mol. The quantitative estimate of drug-likeness (QED) is 0.435. The number of ether oxygens (including phenoxy) is 2. The molecule has 1 N–H and O–H groups in total. The van der Waals surface area contributed by atoms with Gasteiger partial charge in [-0.3, -0.25) is 14.4 Å².